The Bertz CT molecular complexity index is 832. The van der Waals surface area contributed by atoms with Crippen molar-refractivity contribution in [2.24, 2.45) is 0 Å². The minimum Gasteiger partial charge on any atom is -0.494 e. The van der Waals surface area contributed by atoms with Crippen molar-refractivity contribution >= 4 is 16.0 Å². The van der Waals surface area contributed by atoms with E-state index in [0.29, 0.717) is 17.9 Å². The van der Waals surface area contributed by atoms with Crippen molar-refractivity contribution in [1.29, 1.82) is 0 Å². The van der Waals surface area contributed by atoms with E-state index in [1.165, 1.54) is 24.2 Å². The number of unbranched alkanes of at least 4 members (excludes halogenated alkanes) is 1. The Hall–Kier alpha value is -2.39. The van der Waals surface area contributed by atoms with E-state index in [4.69, 9.17) is 4.74 Å². The van der Waals surface area contributed by atoms with Crippen LogP contribution in [-0.2, 0) is 14.8 Å². The third-order valence-electron chi connectivity index (χ3n) is 3.64. The van der Waals surface area contributed by atoms with Crippen LogP contribution in [0, 0.1) is 0 Å². The molecule has 0 amide bonds. The van der Waals surface area contributed by atoms with Crippen LogP contribution in [0.1, 0.15) is 26.2 Å². The Kier molecular flexibility index (Phi) is 6.16. The Morgan fingerprint density at radius 2 is 2.12 bits per heavy atom. The highest BCUT2D eigenvalue weighted by molar-refractivity contribution is 7.89. The molecule has 1 unspecified atom stereocenters. The number of aromatic nitrogens is 2. The number of aliphatic carboxylic acids is 1. The number of sulfonamides is 1. The molecule has 1 aromatic carbocycles. The first-order chi connectivity index (χ1) is 11.9. The number of ether oxygens (including phenoxy) is 1. The van der Waals surface area contributed by atoms with Gasteiger partial charge >= 0.3 is 5.97 Å². The minimum absolute atomic E-state index is 0.110. The van der Waals surface area contributed by atoms with Gasteiger partial charge in [0.1, 0.15) is 22.4 Å². The second-order valence-electron chi connectivity index (χ2n) is 5.45. The molecule has 2 N–H and O–H groups in total. The summed E-state index contributed by atoms with van der Waals surface area (Å²) in [5, 5.41) is 13.2. The summed E-state index contributed by atoms with van der Waals surface area (Å²) in [6, 6.07) is 5.86. The van der Waals surface area contributed by atoms with E-state index in [0.717, 1.165) is 6.42 Å². The molecule has 2 rings (SSSR count). The molecule has 1 heterocycles. The van der Waals surface area contributed by atoms with Crippen LogP contribution in [0.4, 0.5) is 0 Å². The summed E-state index contributed by atoms with van der Waals surface area (Å²) in [5.41, 5.74) is 0.576. The zero-order valence-electron chi connectivity index (χ0n) is 14.0. The average Bonchev–Trinajstić information content (AvgIpc) is 3.09. The van der Waals surface area contributed by atoms with Gasteiger partial charge in [-0.05, 0) is 18.6 Å². The lowest BCUT2D eigenvalue weighted by Gasteiger charge is -2.13. The number of rotatable bonds is 9. The maximum Gasteiger partial charge on any atom is 0.321 e. The molecule has 136 valence electrons. The monoisotopic (exact) mass is 367 g/mol. The van der Waals surface area contributed by atoms with Gasteiger partial charge in [0, 0.05) is 0 Å². The molecule has 0 radical (unpaired) electrons. The maximum absolute atomic E-state index is 12.5. The molecule has 0 aliphatic heterocycles. The Labute approximate surface area is 146 Å². The fourth-order valence-electron chi connectivity index (χ4n) is 2.29. The Balaban J connectivity index is 2.26. The van der Waals surface area contributed by atoms with Crippen LogP contribution in [0.25, 0.3) is 5.69 Å². The number of benzene rings is 1. The van der Waals surface area contributed by atoms with Crippen molar-refractivity contribution in [2.45, 2.75) is 37.1 Å². The van der Waals surface area contributed by atoms with Crippen molar-refractivity contribution in [3.05, 3.63) is 36.7 Å². The van der Waals surface area contributed by atoms with Gasteiger partial charge in [-0.3, -0.25) is 4.79 Å². The number of hydrogen-bond acceptors (Lipinski definition) is 5. The van der Waals surface area contributed by atoms with Crippen molar-refractivity contribution in [1.82, 2.24) is 14.5 Å². The van der Waals surface area contributed by atoms with Gasteiger partial charge in [-0.2, -0.15) is 9.82 Å². The van der Waals surface area contributed by atoms with Crippen molar-refractivity contribution < 1.29 is 23.1 Å². The molecular weight excluding hydrogens is 346 g/mol. The summed E-state index contributed by atoms with van der Waals surface area (Å²) >= 11 is 0. The molecule has 0 aliphatic rings. The smallest absolute Gasteiger partial charge is 0.321 e. The number of methoxy groups -OCH3 is 1. The molecule has 0 saturated carbocycles. The topological polar surface area (TPSA) is 111 Å². The van der Waals surface area contributed by atoms with Gasteiger partial charge in [-0.1, -0.05) is 31.9 Å². The van der Waals surface area contributed by atoms with E-state index in [1.54, 1.807) is 24.3 Å². The number of carboxylic acid groups (broad SMARTS) is 1. The van der Waals surface area contributed by atoms with Crippen molar-refractivity contribution in [3.8, 4) is 11.4 Å². The lowest BCUT2D eigenvalue weighted by atomic mass is 10.1. The fraction of sp³-hybridized carbons (Fsp3) is 0.375. The number of nitrogens with zero attached hydrogens (tertiary/aromatic N) is 2. The van der Waals surface area contributed by atoms with E-state index in [9.17, 15) is 18.3 Å². The molecule has 1 atom stereocenters. The third-order valence-corrected chi connectivity index (χ3v) is 5.07. The molecular formula is C16H21N3O5S. The lowest BCUT2D eigenvalue weighted by molar-refractivity contribution is -0.139. The predicted molar refractivity (Wildman–Crippen MR) is 91.4 cm³/mol. The Morgan fingerprint density at radius 1 is 1.40 bits per heavy atom. The Morgan fingerprint density at radius 3 is 2.76 bits per heavy atom. The molecule has 0 spiro atoms. The summed E-state index contributed by atoms with van der Waals surface area (Å²) in [7, 11) is -2.49. The molecule has 0 saturated heterocycles. The van der Waals surface area contributed by atoms with Crippen LogP contribution in [0.5, 0.6) is 5.75 Å². The van der Waals surface area contributed by atoms with Crippen LogP contribution in [0.15, 0.2) is 41.6 Å². The predicted octanol–water partition coefficient (Wildman–Crippen LogP) is 1.80. The standard InChI is InChI=1S/C16H21N3O5S/c1-3-4-7-13(16(20)21)18-25(22,23)12-10-17-19(11-12)14-8-5-6-9-15(14)24-2/h5-6,8-11,13,18H,3-4,7H2,1-2H3,(H,20,21). The van der Waals surface area contributed by atoms with Crippen LogP contribution in [0.2, 0.25) is 0 Å². The molecule has 8 nitrogen and oxygen atoms in total. The molecule has 0 bridgehead atoms. The second kappa shape index (κ2) is 8.13. The minimum atomic E-state index is -4.00. The third kappa shape index (κ3) is 4.58. The van der Waals surface area contributed by atoms with E-state index in [2.05, 4.69) is 9.82 Å². The van der Waals surface area contributed by atoms with Gasteiger partial charge in [0.2, 0.25) is 10.0 Å². The zero-order valence-corrected chi connectivity index (χ0v) is 14.9. The quantitative estimate of drug-likeness (QED) is 0.699. The number of para-hydroxylation sites is 2. The molecule has 0 aliphatic carbocycles. The first kappa shape index (κ1) is 18.9. The normalized spacial score (nSPS) is 12.7. The van der Waals surface area contributed by atoms with Gasteiger partial charge < -0.3 is 9.84 Å². The van der Waals surface area contributed by atoms with Gasteiger partial charge in [-0.25, -0.2) is 13.1 Å². The van der Waals surface area contributed by atoms with Gasteiger partial charge in [-0.15, -0.1) is 0 Å². The first-order valence-electron chi connectivity index (χ1n) is 7.82. The average molecular weight is 367 g/mol. The molecule has 2 aromatic rings. The SMILES string of the molecule is CCCCC(NS(=O)(=O)c1cnn(-c2ccccc2OC)c1)C(=O)O. The van der Waals surface area contributed by atoms with Crippen molar-refractivity contribution in [3.63, 3.8) is 0 Å². The van der Waals surface area contributed by atoms with Gasteiger partial charge in [0.05, 0.1) is 19.5 Å². The number of carboxylic acids is 1. The maximum atomic E-state index is 12.5. The summed E-state index contributed by atoms with van der Waals surface area (Å²) in [6.07, 6.45) is 4.11. The highest BCUT2D eigenvalue weighted by Crippen LogP contribution is 2.22. The van der Waals surface area contributed by atoms with Crippen molar-refractivity contribution in [2.75, 3.05) is 7.11 Å². The lowest BCUT2D eigenvalue weighted by Crippen LogP contribution is -2.40. The van der Waals surface area contributed by atoms with Crippen LogP contribution >= 0.6 is 0 Å². The number of carbonyl (C=O) groups is 1. The highest BCUT2D eigenvalue weighted by atomic mass is 32.2. The zero-order chi connectivity index (χ0) is 18.4. The van der Waals surface area contributed by atoms with E-state index < -0.39 is 22.0 Å². The summed E-state index contributed by atoms with van der Waals surface area (Å²) < 4.78 is 33.7. The molecule has 0 fully saturated rings. The fourth-order valence-corrected chi connectivity index (χ4v) is 3.45. The second-order valence-corrected chi connectivity index (χ2v) is 7.16. The number of nitrogens with one attached hydrogen (secondary N) is 1. The highest BCUT2D eigenvalue weighted by Gasteiger charge is 2.26. The summed E-state index contributed by atoms with van der Waals surface area (Å²) in [6.45, 7) is 1.91. The summed E-state index contributed by atoms with van der Waals surface area (Å²) in [4.78, 5) is 11.2. The van der Waals surface area contributed by atoms with Crippen LogP contribution < -0.4 is 9.46 Å². The van der Waals surface area contributed by atoms with Gasteiger partial charge in [0.15, 0.2) is 0 Å². The van der Waals surface area contributed by atoms with Crippen LogP contribution in [-0.4, -0.2) is 42.4 Å². The molecule has 9 heteroatoms. The molecule has 25 heavy (non-hydrogen) atoms. The summed E-state index contributed by atoms with van der Waals surface area (Å²) in [5.74, 6) is -0.664. The number of hydrogen-bond donors (Lipinski definition) is 2. The first-order valence-corrected chi connectivity index (χ1v) is 9.30. The van der Waals surface area contributed by atoms with Gasteiger partial charge in [0.25, 0.3) is 0 Å². The van der Waals surface area contributed by atoms with E-state index in [-0.39, 0.29) is 11.3 Å². The van der Waals surface area contributed by atoms with Crippen LogP contribution in [0.3, 0.4) is 0 Å². The van der Waals surface area contributed by atoms with E-state index >= 15 is 0 Å². The largest absolute Gasteiger partial charge is 0.494 e. The van der Waals surface area contributed by atoms with E-state index in [1.807, 2.05) is 6.92 Å². The molecule has 1 aromatic heterocycles.